The Balaban J connectivity index is 1.88. The summed E-state index contributed by atoms with van der Waals surface area (Å²) in [5.74, 6) is 1.21. The fourth-order valence-electron chi connectivity index (χ4n) is 3.23. The maximum absolute atomic E-state index is 12.2. The highest BCUT2D eigenvalue weighted by atomic mass is 79.9. The number of nitrogens with zero attached hydrogens (tertiary/aromatic N) is 1. The standard InChI is InChI=1S/C13H23BrN2O/c1-9(2)11(15)12(17)16-4-3-13(8-16)5-10(6-13)7-14/h9-11H,3-8,15H2,1-2H3/t10?,11-,13?/m1/s1. The van der Waals surface area contributed by atoms with Crippen molar-refractivity contribution in [1.82, 2.24) is 4.90 Å². The maximum Gasteiger partial charge on any atom is 0.239 e. The van der Waals surface area contributed by atoms with Gasteiger partial charge in [0.25, 0.3) is 0 Å². The van der Waals surface area contributed by atoms with Crippen LogP contribution in [0, 0.1) is 17.3 Å². The van der Waals surface area contributed by atoms with Gasteiger partial charge in [0.1, 0.15) is 0 Å². The first-order valence-corrected chi connectivity index (χ1v) is 7.70. The molecule has 1 amide bonds. The molecule has 0 aromatic rings. The zero-order valence-electron chi connectivity index (χ0n) is 10.8. The lowest BCUT2D eigenvalue weighted by molar-refractivity contribution is -0.133. The Morgan fingerprint density at radius 3 is 2.71 bits per heavy atom. The van der Waals surface area contributed by atoms with Crippen LogP contribution in [0.25, 0.3) is 0 Å². The van der Waals surface area contributed by atoms with Crippen LogP contribution >= 0.6 is 15.9 Å². The monoisotopic (exact) mass is 302 g/mol. The molecule has 1 saturated carbocycles. The Morgan fingerprint density at radius 1 is 1.53 bits per heavy atom. The SMILES string of the molecule is CC(C)[C@@H](N)C(=O)N1CCC2(CC(CBr)C2)C1. The molecule has 1 heterocycles. The summed E-state index contributed by atoms with van der Waals surface area (Å²) in [5, 5.41) is 1.11. The normalized spacial score (nSPS) is 34.2. The summed E-state index contributed by atoms with van der Waals surface area (Å²) in [4.78, 5) is 14.2. The highest BCUT2D eigenvalue weighted by molar-refractivity contribution is 9.09. The second-order valence-electron chi connectivity index (χ2n) is 6.21. The minimum absolute atomic E-state index is 0.152. The lowest BCUT2D eigenvalue weighted by Gasteiger charge is -2.44. The molecule has 2 N–H and O–H groups in total. The second kappa shape index (κ2) is 4.88. The predicted octanol–water partition coefficient (Wildman–Crippen LogP) is 1.99. The van der Waals surface area contributed by atoms with Gasteiger partial charge in [-0.25, -0.2) is 0 Å². The van der Waals surface area contributed by atoms with Gasteiger partial charge in [-0.3, -0.25) is 4.79 Å². The van der Waals surface area contributed by atoms with Gasteiger partial charge in [0.15, 0.2) is 0 Å². The van der Waals surface area contributed by atoms with E-state index in [1.165, 1.54) is 19.3 Å². The van der Waals surface area contributed by atoms with Crippen molar-refractivity contribution in [2.75, 3.05) is 18.4 Å². The Morgan fingerprint density at radius 2 is 2.18 bits per heavy atom. The molecular formula is C13H23BrN2O. The third-order valence-electron chi connectivity index (χ3n) is 4.41. The van der Waals surface area contributed by atoms with E-state index in [0.29, 0.717) is 5.41 Å². The molecule has 1 saturated heterocycles. The third kappa shape index (κ3) is 2.53. The topological polar surface area (TPSA) is 46.3 Å². The third-order valence-corrected chi connectivity index (χ3v) is 5.33. The van der Waals surface area contributed by atoms with Gasteiger partial charge in [-0.1, -0.05) is 29.8 Å². The molecule has 0 bridgehead atoms. The molecule has 0 aromatic heterocycles. The molecule has 98 valence electrons. The quantitative estimate of drug-likeness (QED) is 0.811. The van der Waals surface area contributed by atoms with Crippen LogP contribution in [-0.4, -0.2) is 35.3 Å². The molecule has 17 heavy (non-hydrogen) atoms. The summed E-state index contributed by atoms with van der Waals surface area (Å²) in [7, 11) is 0. The van der Waals surface area contributed by atoms with Gasteiger partial charge in [-0.2, -0.15) is 0 Å². The van der Waals surface area contributed by atoms with Crippen LogP contribution in [0.4, 0.5) is 0 Å². The number of halogens is 1. The molecule has 1 spiro atoms. The van der Waals surface area contributed by atoms with E-state index in [4.69, 9.17) is 5.73 Å². The van der Waals surface area contributed by atoms with Crippen molar-refractivity contribution in [3.05, 3.63) is 0 Å². The van der Waals surface area contributed by atoms with E-state index in [9.17, 15) is 4.79 Å². The van der Waals surface area contributed by atoms with Crippen LogP contribution < -0.4 is 5.73 Å². The number of likely N-dealkylation sites (tertiary alicyclic amines) is 1. The van der Waals surface area contributed by atoms with Gasteiger partial charge in [-0.05, 0) is 36.5 Å². The molecule has 0 radical (unpaired) electrons. The Kier molecular flexibility index (Phi) is 3.83. The number of nitrogens with two attached hydrogens (primary N) is 1. The lowest BCUT2D eigenvalue weighted by atomic mass is 9.62. The molecular weight excluding hydrogens is 280 g/mol. The summed E-state index contributed by atoms with van der Waals surface area (Å²) in [6.07, 6.45) is 3.73. The minimum atomic E-state index is -0.322. The first kappa shape index (κ1) is 13.3. The minimum Gasteiger partial charge on any atom is -0.341 e. The summed E-state index contributed by atoms with van der Waals surface area (Å²) in [6.45, 7) is 5.88. The highest BCUT2D eigenvalue weighted by Gasteiger charge is 2.49. The van der Waals surface area contributed by atoms with Gasteiger partial charge < -0.3 is 10.6 Å². The van der Waals surface area contributed by atoms with E-state index >= 15 is 0 Å². The average molecular weight is 303 g/mol. The van der Waals surface area contributed by atoms with E-state index in [0.717, 1.165) is 24.3 Å². The van der Waals surface area contributed by atoms with Crippen LogP contribution in [0.2, 0.25) is 0 Å². The van der Waals surface area contributed by atoms with Gasteiger partial charge in [0.05, 0.1) is 6.04 Å². The summed E-state index contributed by atoms with van der Waals surface area (Å²) in [6, 6.07) is -0.322. The molecule has 2 fully saturated rings. The van der Waals surface area contributed by atoms with Crippen molar-refractivity contribution in [3.63, 3.8) is 0 Å². The lowest BCUT2D eigenvalue weighted by Crippen LogP contribution is -2.47. The Hall–Kier alpha value is -0.0900. The van der Waals surface area contributed by atoms with Crippen molar-refractivity contribution >= 4 is 21.8 Å². The van der Waals surface area contributed by atoms with Crippen LogP contribution in [0.1, 0.15) is 33.1 Å². The van der Waals surface area contributed by atoms with E-state index in [2.05, 4.69) is 15.9 Å². The van der Waals surface area contributed by atoms with Crippen molar-refractivity contribution in [2.45, 2.75) is 39.2 Å². The number of amides is 1. The van der Waals surface area contributed by atoms with Crippen LogP contribution in [-0.2, 0) is 4.79 Å². The Labute approximate surface area is 112 Å². The fourth-order valence-corrected chi connectivity index (χ4v) is 3.68. The number of carbonyl (C=O) groups excluding carboxylic acids is 1. The summed E-state index contributed by atoms with van der Waals surface area (Å²) >= 11 is 3.54. The van der Waals surface area contributed by atoms with Crippen molar-refractivity contribution in [1.29, 1.82) is 0 Å². The van der Waals surface area contributed by atoms with E-state index in [1.807, 2.05) is 18.7 Å². The van der Waals surface area contributed by atoms with Gasteiger partial charge in [0.2, 0.25) is 5.91 Å². The van der Waals surface area contributed by atoms with Crippen molar-refractivity contribution < 1.29 is 4.79 Å². The largest absolute Gasteiger partial charge is 0.341 e. The average Bonchev–Trinajstić information content (AvgIpc) is 2.69. The molecule has 0 unspecified atom stereocenters. The smallest absolute Gasteiger partial charge is 0.239 e. The van der Waals surface area contributed by atoms with Crippen LogP contribution in [0.5, 0.6) is 0 Å². The maximum atomic E-state index is 12.2. The number of alkyl halides is 1. The van der Waals surface area contributed by atoms with Crippen molar-refractivity contribution in [2.24, 2.45) is 23.0 Å². The summed E-state index contributed by atoms with van der Waals surface area (Å²) in [5.41, 5.74) is 6.38. The molecule has 1 atom stereocenters. The zero-order chi connectivity index (χ0) is 12.6. The van der Waals surface area contributed by atoms with E-state index in [1.54, 1.807) is 0 Å². The number of hydrogen-bond donors (Lipinski definition) is 1. The van der Waals surface area contributed by atoms with Gasteiger partial charge in [-0.15, -0.1) is 0 Å². The first-order chi connectivity index (χ1) is 7.97. The number of carbonyl (C=O) groups is 1. The molecule has 3 nitrogen and oxygen atoms in total. The predicted molar refractivity (Wildman–Crippen MR) is 73.0 cm³/mol. The number of rotatable bonds is 3. The Bertz CT molecular complexity index is 300. The fraction of sp³-hybridized carbons (Fsp3) is 0.923. The molecule has 4 heteroatoms. The van der Waals surface area contributed by atoms with Crippen LogP contribution in [0.15, 0.2) is 0 Å². The zero-order valence-corrected chi connectivity index (χ0v) is 12.4. The van der Waals surface area contributed by atoms with Gasteiger partial charge in [0, 0.05) is 18.4 Å². The molecule has 2 aliphatic rings. The molecule has 2 rings (SSSR count). The second-order valence-corrected chi connectivity index (χ2v) is 6.86. The van der Waals surface area contributed by atoms with Crippen LogP contribution in [0.3, 0.4) is 0 Å². The van der Waals surface area contributed by atoms with Crippen molar-refractivity contribution in [3.8, 4) is 0 Å². The molecule has 1 aliphatic heterocycles. The number of hydrogen-bond acceptors (Lipinski definition) is 2. The summed E-state index contributed by atoms with van der Waals surface area (Å²) < 4.78 is 0. The van der Waals surface area contributed by atoms with E-state index in [-0.39, 0.29) is 17.9 Å². The highest BCUT2D eigenvalue weighted by Crippen LogP contribution is 2.52. The first-order valence-electron chi connectivity index (χ1n) is 6.58. The van der Waals surface area contributed by atoms with Gasteiger partial charge >= 0.3 is 0 Å². The molecule has 0 aromatic carbocycles. The van der Waals surface area contributed by atoms with E-state index < -0.39 is 0 Å². The molecule has 1 aliphatic carbocycles.